The van der Waals surface area contributed by atoms with Gasteiger partial charge in [0.05, 0.1) is 6.54 Å². The Hall–Kier alpha value is -2.40. The standard InChI is InChI=1S/C31H42N2O2.BrH/c1-9-10-22-18-33(29(32)24(22)15-21-13-11-20(2)12-14-21)19-27(34)23-16-25(30(3,4)5)28(35)26(17-23)31(6,7)8;/h11-17,22,32,35H,9-10,18-19H2,1-8H3;1H/b24-15+,32-29?;. The maximum absolute atomic E-state index is 13.5. The van der Waals surface area contributed by atoms with Crippen LogP contribution in [-0.4, -0.2) is 34.7 Å². The van der Waals surface area contributed by atoms with E-state index in [0.29, 0.717) is 17.9 Å². The first-order valence-electron chi connectivity index (χ1n) is 12.8. The summed E-state index contributed by atoms with van der Waals surface area (Å²) in [7, 11) is 0. The second kappa shape index (κ2) is 11.3. The van der Waals surface area contributed by atoms with Crippen molar-refractivity contribution in [1.82, 2.24) is 4.90 Å². The van der Waals surface area contributed by atoms with Crippen molar-refractivity contribution in [3.8, 4) is 5.75 Å². The Morgan fingerprint density at radius 3 is 2.06 bits per heavy atom. The summed E-state index contributed by atoms with van der Waals surface area (Å²) in [6.45, 7) is 17.4. The van der Waals surface area contributed by atoms with Gasteiger partial charge in [-0.3, -0.25) is 10.2 Å². The highest BCUT2D eigenvalue weighted by molar-refractivity contribution is 8.93. The summed E-state index contributed by atoms with van der Waals surface area (Å²) in [5, 5.41) is 19.9. The summed E-state index contributed by atoms with van der Waals surface area (Å²) >= 11 is 0. The van der Waals surface area contributed by atoms with Gasteiger partial charge in [-0.15, -0.1) is 17.0 Å². The fourth-order valence-electron chi connectivity index (χ4n) is 4.80. The number of nitrogens with zero attached hydrogens (tertiary/aromatic N) is 1. The number of likely N-dealkylation sites (tertiary alicyclic amines) is 1. The fourth-order valence-corrected chi connectivity index (χ4v) is 4.80. The van der Waals surface area contributed by atoms with E-state index in [4.69, 9.17) is 5.41 Å². The van der Waals surface area contributed by atoms with Crippen LogP contribution in [0.1, 0.15) is 93.9 Å². The van der Waals surface area contributed by atoms with Gasteiger partial charge in [0.25, 0.3) is 0 Å². The highest BCUT2D eigenvalue weighted by atomic mass is 79.9. The Morgan fingerprint density at radius 2 is 1.58 bits per heavy atom. The summed E-state index contributed by atoms with van der Waals surface area (Å²) < 4.78 is 0. The molecule has 0 aromatic heterocycles. The van der Waals surface area contributed by atoms with Crippen molar-refractivity contribution in [2.45, 2.75) is 79.1 Å². The van der Waals surface area contributed by atoms with Crippen molar-refractivity contribution < 1.29 is 9.90 Å². The van der Waals surface area contributed by atoms with E-state index in [1.54, 1.807) is 0 Å². The summed E-state index contributed by atoms with van der Waals surface area (Å²) in [4.78, 5) is 15.5. The van der Waals surface area contributed by atoms with E-state index in [2.05, 4.69) is 85.7 Å². The molecule has 0 spiro atoms. The molecule has 5 heteroatoms. The molecule has 2 aromatic carbocycles. The van der Waals surface area contributed by atoms with Gasteiger partial charge < -0.3 is 10.0 Å². The molecule has 2 aromatic rings. The van der Waals surface area contributed by atoms with Gasteiger partial charge in [0.15, 0.2) is 5.78 Å². The zero-order valence-electron chi connectivity index (χ0n) is 23.2. The largest absolute Gasteiger partial charge is 0.507 e. The number of amidine groups is 1. The SMILES string of the molecule is Br.CCCC1CN(CC(=O)c2cc(C(C)(C)C)c(O)c(C(C)(C)C)c2)C(=N)/C1=C/c1ccc(C)cc1. The second-order valence-electron chi connectivity index (χ2n) is 12.1. The topological polar surface area (TPSA) is 64.4 Å². The van der Waals surface area contributed by atoms with E-state index >= 15 is 0 Å². The van der Waals surface area contributed by atoms with Crippen LogP contribution in [0.25, 0.3) is 6.08 Å². The number of aryl methyl sites for hydroxylation is 1. The van der Waals surface area contributed by atoms with E-state index < -0.39 is 0 Å². The van der Waals surface area contributed by atoms with Crippen molar-refractivity contribution in [2.24, 2.45) is 5.92 Å². The molecule has 1 aliphatic rings. The molecule has 0 amide bonds. The number of carbonyl (C=O) groups excluding carboxylic acids is 1. The molecule has 1 unspecified atom stereocenters. The second-order valence-corrected chi connectivity index (χ2v) is 12.1. The molecule has 4 nitrogen and oxygen atoms in total. The average Bonchev–Trinajstić information content (AvgIpc) is 3.03. The number of rotatable bonds is 6. The lowest BCUT2D eigenvalue weighted by Gasteiger charge is -2.28. The smallest absolute Gasteiger partial charge is 0.182 e. The predicted octanol–water partition coefficient (Wildman–Crippen LogP) is 7.85. The van der Waals surface area contributed by atoms with Gasteiger partial charge in [0, 0.05) is 29.2 Å². The van der Waals surface area contributed by atoms with Crippen molar-refractivity contribution in [3.63, 3.8) is 0 Å². The number of halogens is 1. The summed E-state index contributed by atoms with van der Waals surface area (Å²) in [6, 6.07) is 12.0. The lowest BCUT2D eigenvalue weighted by Crippen LogP contribution is -2.31. The van der Waals surface area contributed by atoms with Crippen LogP contribution in [0.3, 0.4) is 0 Å². The zero-order chi connectivity index (χ0) is 26.1. The Balaban J connectivity index is 0.00000456. The minimum atomic E-state index is -0.295. The van der Waals surface area contributed by atoms with Gasteiger partial charge in [-0.1, -0.05) is 84.7 Å². The normalized spacial score (nSPS) is 17.4. The Labute approximate surface area is 228 Å². The zero-order valence-corrected chi connectivity index (χ0v) is 24.9. The number of aromatic hydroxyl groups is 1. The molecule has 1 heterocycles. The van der Waals surface area contributed by atoms with E-state index in [9.17, 15) is 9.90 Å². The average molecular weight is 556 g/mol. The monoisotopic (exact) mass is 554 g/mol. The minimum absolute atomic E-state index is 0. The lowest BCUT2D eigenvalue weighted by atomic mass is 9.78. The van der Waals surface area contributed by atoms with E-state index in [0.717, 1.165) is 35.1 Å². The molecule has 196 valence electrons. The predicted molar refractivity (Wildman–Crippen MR) is 157 cm³/mol. The highest BCUT2D eigenvalue weighted by Crippen LogP contribution is 2.40. The molecule has 0 bridgehead atoms. The molecule has 0 saturated carbocycles. The van der Waals surface area contributed by atoms with Gasteiger partial charge in [-0.2, -0.15) is 0 Å². The third kappa shape index (κ3) is 6.67. The number of ketones is 1. The number of hydrogen-bond acceptors (Lipinski definition) is 3. The van der Waals surface area contributed by atoms with Gasteiger partial charge in [0.1, 0.15) is 11.6 Å². The van der Waals surface area contributed by atoms with Crippen LogP contribution in [-0.2, 0) is 10.8 Å². The molecule has 1 fully saturated rings. The fraction of sp³-hybridized carbons (Fsp3) is 0.484. The third-order valence-corrected chi connectivity index (χ3v) is 6.89. The van der Waals surface area contributed by atoms with Crippen LogP contribution in [0, 0.1) is 18.3 Å². The first-order valence-corrected chi connectivity index (χ1v) is 12.8. The van der Waals surface area contributed by atoms with Crippen LogP contribution in [0.4, 0.5) is 0 Å². The van der Waals surface area contributed by atoms with Crippen molar-refractivity contribution >= 4 is 34.7 Å². The number of benzene rings is 2. The number of Topliss-reactive ketones (excluding diaryl/α,β-unsaturated/α-hetero) is 1. The van der Waals surface area contributed by atoms with Gasteiger partial charge in [0.2, 0.25) is 0 Å². The molecule has 3 rings (SSSR count). The summed E-state index contributed by atoms with van der Waals surface area (Å²) in [5.41, 5.74) is 4.90. The first kappa shape index (κ1) is 29.8. The van der Waals surface area contributed by atoms with E-state index in [1.165, 1.54) is 5.56 Å². The van der Waals surface area contributed by atoms with E-state index in [-0.39, 0.29) is 51.8 Å². The van der Waals surface area contributed by atoms with Crippen LogP contribution in [0.2, 0.25) is 0 Å². The quantitative estimate of drug-likeness (QED) is 0.357. The van der Waals surface area contributed by atoms with E-state index in [1.807, 2.05) is 17.0 Å². The van der Waals surface area contributed by atoms with Crippen LogP contribution >= 0.6 is 17.0 Å². The molecule has 0 aliphatic carbocycles. The minimum Gasteiger partial charge on any atom is -0.507 e. The molecule has 1 atom stereocenters. The Bertz CT molecular complexity index is 1100. The van der Waals surface area contributed by atoms with Crippen molar-refractivity contribution in [2.75, 3.05) is 13.1 Å². The van der Waals surface area contributed by atoms with Crippen LogP contribution in [0.5, 0.6) is 5.75 Å². The molecule has 0 radical (unpaired) electrons. The van der Waals surface area contributed by atoms with Crippen LogP contribution < -0.4 is 0 Å². The first-order chi connectivity index (χ1) is 16.2. The van der Waals surface area contributed by atoms with Gasteiger partial charge in [-0.05, 0) is 53.5 Å². The summed E-state index contributed by atoms with van der Waals surface area (Å²) in [6.07, 6.45) is 4.14. The van der Waals surface area contributed by atoms with Gasteiger partial charge in [-0.25, -0.2) is 0 Å². The molecule has 2 N–H and O–H groups in total. The molecule has 1 aliphatic heterocycles. The highest BCUT2D eigenvalue weighted by Gasteiger charge is 2.34. The number of carbonyl (C=O) groups is 1. The Kier molecular flexibility index (Phi) is 9.39. The lowest BCUT2D eigenvalue weighted by molar-refractivity contribution is 0.0963. The van der Waals surface area contributed by atoms with Crippen molar-refractivity contribution in [1.29, 1.82) is 5.41 Å². The molecular weight excluding hydrogens is 512 g/mol. The third-order valence-electron chi connectivity index (χ3n) is 6.89. The molecular formula is C31H43BrN2O2. The van der Waals surface area contributed by atoms with Crippen LogP contribution in [0.15, 0.2) is 42.0 Å². The maximum atomic E-state index is 13.5. The number of phenols is 1. The number of nitrogens with one attached hydrogen (secondary N) is 1. The number of hydrogen-bond donors (Lipinski definition) is 2. The number of phenolic OH excluding ortho intramolecular Hbond substituents is 1. The maximum Gasteiger partial charge on any atom is 0.182 e. The Morgan fingerprint density at radius 1 is 1.06 bits per heavy atom. The molecule has 1 saturated heterocycles. The van der Waals surface area contributed by atoms with Crippen molar-refractivity contribution in [3.05, 3.63) is 69.8 Å². The van der Waals surface area contributed by atoms with Gasteiger partial charge >= 0.3 is 0 Å². The summed E-state index contributed by atoms with van der Waals surface area (Å²) in [5.74, 6) is 0.958. The molecule has 36 heavy (non-hydrogen) atoms.